The van der Waals surface area contributed by atoms with Gasteiger partial charge in [0.1, 0.15) is 0 Å². The van der Waals surface area contributed by atoms with Crippen LogP contribution in [0.15, 0.2) is 0 Å². The fourth-order valence-corrected chi connectivity index (χ4v) is 1.63. The molecule has 0 aromatic rings. The van der Waals surface area contributed by atoms with E-state index in [0.717, 1.165) is 13.0 Å². The van der Waals surface area contributed by atoms with Gasteiger partial charge in [-0.15, -0.1) is 0 Å². The Morgan fingerprint density at radius 1 is 1.67 bits per heavy atom. The first-order chi connectivity index (χ1) is 5.70. The highest BCUT2D eigenvalue weighted by atomic mass is 16.2. The number of primary amides is 1. The summed E-state index contributed by atoms with van der Waals surface area (Å²) in [5.74, 6) is 0. The van der Waals surface area contributed by atoms with Crippen molar-refractivity contribution < 1.29 is 4.79 Å². The molecule has 4 N–H and O–H groups in total. The second kappa shape index (κ2) is 4.30. The zero-order valence-corrected chi connectivity index (χ0v) is 7.47. The fourth-order valence-electron chi connectivity index (χ4n) is 1.63. The second-order valence-corrected chi connectivity index (χ2v) is 3.35. The van der Waals surface area contributed by atoms with Gasteiger partial charge in [0.05, 0.1) is 0 Å². The summed E-state index contributed by atoms with van der Waals surface area (Å²) in [7, 11) is 0. The van der Waals surface area contributed by atoms with Crippen LogP contribution in [0.2, 0.25) is 0 Å². The Labute approximate surface area is 72.9 Å². The van der Waals surface area contributed by atoms with Crippen LogP contribution in [0.5, 0.6) is 0 Å². The normalized spacial score (nSPS) is 26.2. The van der Waals surface area contributed by atoms with Crippen LogP contribution in [0, 0.1) is 0 Å². The molecule has 0 aliphatic carbocycles. The SMILES string of the molecule is CC(NC(N)=O)C1CCCCN1. The van der Waals surface area contributed by atoms with E-state index in [1.165, 1.54) is 12.8 Å². The van der Waals surface area contributed by atoms with E-state index in [4.69, 9.17) is 5.73 Å². The summed E-state index contributed by atoms with van der Waals surface area (Å²) in [4.78, 5) is 10.5. The van der Waals surface area contributed by atoms with Crippen molar-refractivity contribution in [2.75, 3.05) is 6.54 Å². The lowest BCUT2D eigenvalue weighted by atomic mass is 9.99. The number of piperidine rings is 1. The molecule has 4 heteroatoms. The lowest BCUT2D eigenvalue weighted by molar-refractivity contribution is 0.239. The van der Waals surface area contributed by atoms with Crippen LogP contribution in [0.3, 0.4) is 0 Å². The van der Waals surface area contributed by atoms with Gasteiger partial charge in [-0.2, -0.15) is 0 Å². The predicted octanol–water partition coefficient (Wildman–Crippen LogP) is 0.185. The highest BCUT2D eigenvalue weighted by Crippen LogP contribution is 2.09. The topological polar surface area (TPSA) is 67.1 Å². The molecule has 2 atom stereocenters. The Morgan fingerprint density at radius 2 is 2.42 bits per heavy atom. The van der Waals surface area contributed by atoms with Gasteiger partial charge in [-0.1, -0.05) is 6.42 Å². The van der Waals surface area contributed by atoms with Crippen LogP contribution in [0.4, 0.5) is 4.79 Å². The van der Waals surface area contributed by atoms with Crippen molar-refractivity contribution in [1.82, 2.24) is 10.6 Å². The van der Waals surface area contributed by atoms with Gasteiger partial charge in [0.2, 0.25) is 0 Å². The molecule has 2 unspecified atom stereocenters. The van der Waals surface area contributed by atoms with E-state index in [0.29, 0.717) is 6.04 Å². The van der Waals surface area contributed by atoms with Gasteiger partial charge in [0, 0.05) is 12.1 Å². The van der Waals surface area contributed by atoms with Crippen molar-refractivity contribution in [2.45, 2.75) is 38.3 Å². The minimum atomic E-state index is -0.435. The number of rotatable bonds is 2. The van der Waals surface area contributed by atoms with E-state index in [1.807, 2.05) is 6.92 Å². The first kappa shape index (κ1) is 9.32. The highest BCUT2D eigenvalue weighted by Gasteiger charge is 2.19. The molecule has 0 aromatic heterocycles. The average molecular weight is 171 g/mol. The first-order valence-electron chi connectivity index (χ1n) is 4.49. The standard InChI is InChI=1S/C8H17N3O/c1-6(11-8(9)12)7-4-2-3-5-10-7/h6-7,10H,2-5H2,1H3,(H3,9,11,12). The number of hydrogen-bond acceptors (Lipinski definition) is 2. The van der Waals surface area contributed by atoms with Gasteiger partial charge in [0.25, 0.3) is 0 Å². The van der Waals surface area contributed by atoms with Crippen molar-refractivity contribution in [2.24, 2.45) is 5.73 Å². The first-order valence-corrected chi connectivity index (χ1v) is 4.49. The van der Waals surface area contributed by atoms with E-state index >= 15 is 0 Å². The number of nitrogens with two attached hydrogens (primary N) is 1. The molecule has 2 amide bonds. The molecule has 1 rings (SSSR count). The zero-order chi connectivity index (χ0) is 8.97. The Balaban J connectivity index is 2.29. The quantitative estimate of drug-likeness (QED) is 0.555. The summed E-state index contributed by atoms with van der Waals surface area (Å²) < 4.78 is 0. The summed E-state index contributed by atoms with van der Waals surface area (Å²) in [6.07, 6.45) is 3.60. The Kier molecular flexibility index (Phi) is 3.34. The van der Waals surface area contributed by atoms with Crippen molar-refractivity contribution in [3.05, 3.63) is 0 Å². The van der Waals surface area contributed by atoms with Crippen LogP contribution in [0.25, 0.3) is 0 Å². The summed E-state index contributed by atoms with van der Waals surface area (Å²) >= 11 is 0. The summed E-state index contributed by atoms with van der Waals surface area (Å²) in [6, 6.07) is 0.101. The molecule has 0 bridgehead atoms. The predicted molar refractivity (Wildman–Crippen MR) is 47.8 cm³/mol. The van der Waals surface area contributed by atoms with Crippen molar-refractivity contribution in [3.8, 4) is 0 Å². The van der Waals surface area contributed by atoms with Crippen LogP contribution >= 0.6 is 0 Å². The van der Waals surface area contributed by atoms with Gasteiger partial charge in [-0.3, -0.25) is 0 Å². The third kappa shape index (κ3) is 2.70. The smallest absolute Gasteiger partial charge is 0.312 e. The number of hydrogen-bond donors (Lipinski definition) is 3. The average Bonchev–Trinajstić information content (AvgIpc) is 2.05. The maximum Gasteiger partial charge on any atom is 0.312 e. The van der Waals surface area contributed by atoms with Gasteiger partial charge in [0.15, 0.2) is 0 Å². The molecule has 1 heterocycles. The molecule has 1 fully saturated rings. The van der Waals surface area contributed by atoms with Gasteiger partial charge >= 0.3 is 6.03 Å². The Bertz CT molecular complexity index is 154. The number of carbonyl (C=O) groups is 1. The molecule has 4 nitrogen and oxygen atoms in total. The molecule has 0 aromatic carbocycles. The second-order valence-electron chi connectivity index (χ2n) is 3.35. The molecule has 0 spiro atoms. The third-order valence-corrected chi connectivity index (χ3v) is 2.32. The molecule has 0 radical (unpaired) electrons. The summed E-state index contributed by atoms with van der Waals surface area (Å²) in [5.41, 5.74) is 5.02. The van der Waals surface area contributed by atoms with E-state index < -0.39 is 6.03 Å². The number of urea groups is 1. The summed E-state index contributed by atoms with van der Waals surface area (Å²) in [6.45, 7) is 3.03. The molecule has 12 heavy (non-hydrogen) atoms. The van der Waals surface area contributed by atoms with Crippen LogP contribution in [-0.4, -0.2) is 24.7 Å². The Hall–Kier alpha value is -0.770. The number of nitrogens with one attached hydrogen (secondary N) is 2. The van der Waals surface area contributed by atoms with Crippen LogP contribution in [-0.2, 0) is 0 Å². The molecule has 1 saturated heterocycles. The monoisotopic (exact) mass is 171 g/mol. The molecule has 1 aliphatic rings. The number of amides is 2. The lowest BCUT2D eigenvalue weighted by Crippen LogP contribution is -2.51. The fraction of sp³-hybridized carbons (Fsp3) is 0.875. The van der Waals surface area contributed by atoms with Crippen LogP contribution < -0.4 is 16.4 Å². The molecule has 0 saturated carbocycles. The highest BCUT2D eigenvalue weighted by molar-refractivity contribution is 5.71. The van der Waals surface area contributed by atoms with Crippen molar-refractivity contribution in [3.63, 3.8) is 0 Å². The van der Waals surface area contributed by atoms with Gasteiger partial charge < -0.3 is 16.4 Å². The third-order valence-electron chi connectivity index (χ3n) is 2.32. The van der Waals surface area contributed by atoms with Crippen molar-refractivity contribution >= 4 is 6.03 Å². The van der Waals surface area contributed by atoms with Crippen LogP contribution in [0.1, 0.15) is 26.2 Å². The molecule has 70 valence electrons. The number of carbonyl (C=O) groups excluding carboxylic acids is 1. The van der Waals surface area contributed by atoms with Gasteiger partial charge in [-0.25, -0.2) is 4.79 Å². The molecule has 1 aliphatic heterocycles. The lowest BCUT2D eigenvalue weighted by Gasteiger charge is -2.28. The van der Waals surface area contributed by atoms with E-state index in [1.54, 1.807) is 0 Å². The minimum absolute atomic E-state index is 0.141. The zero-order valence-electron chi connectivity index (χ0n) is 7.47. The van der Waals surface area contributed by atoms with Crippen molar-refractivity contribution in [1.29, 1.82) is 0 Å². The Morgan fingerprint density at radius 3 is 2.92 bits per heavy atom. The molecular weight excluding hydrogens is 154 g/mol. The van der Waals surface area contributed by atoms with E-state index in [9.17, 15) is 4.79 Å². The molecular formula is C8H17N3O. The van der Waals surface area contributed by atoms with Gasteiger partial charge in [-0.05, 0) is 26.3 Å². The maximum atomic E-state index is 10.5. The minimum Gasteiger partial charge on any atom is -0.352 e. The largest absolute Gasteiger partial charge is 0.352 e. The maximum absolute atomic E-state index is 10.5. The summed E-state index contributed by atoms with van der Waals surface area (Å²) in [5, 5.41) is 6.04. The van der Waals surface area contributed by atoms with E-state index in [2.05, 4.69) is 10.6 Å². The van der Waals surface area contributed by atoms with E-state index in [-0.39, 0.29) is 6.04 Å².